The Morgan fingerprint density at radius 2 is 2.13 bits per heavy atom. The predicted octanol–water partition coefficient (Wildman–Crippen LogP) is 1.44. The number of rotatable bonds is 3. The third kappa shape index (κ3) is 3.06. The van der Waals surface area contributed by atoms with Gasteiger partial charge in [0.1, 0.15) is 0 Å². The van der Waals surface area contributed by atoms with Crippen LogP contribution < -0.4 is 11.1 Å². The van der Waals surface area contributed by atoms with Crippen LogP contribution in [0.15, 0.2) is 18.2 Å². The van der Waals surface area contributed by atoms with Crippen LogP contribution in [0.25, 0.3) is 0 Å². The van der Waals surface area contributed by atoms with Gasteiger partial charge >= 0.3 is 0 Å². The van der Waals surface area contributed by atoms with Gasteiger partial charge < -0.3 is 11.1 Å². The summed E-state index contributed by atoms with van der Waals surface area (Å²) in [7, 11) is 0. The summed E-state index contributed by atoms with van der Waals surface area (Å²) in [6.07, 6.45) is 0. The predicted molar refractivity (Wildman–Crippen MR) is 61.5 cm³/mol. The van der Waals surface area contributed by atoms with Crippen molar-refractivity contribution >= 4 is 5.91 Å². The highest BCUT2D eigenvalue weighted by Gasteiger charge is 2.10. The lowest BCUT2D eigenvalue weighted by molar-refractivity contribution is -0.120. The van der Waals surface area contributed by atoms with Gasteiger partial charge in [0.15, 0.2) is 0 Å². The number of nitrogens with one attached hydrogen (secondary N) is 1. The average molecular weight is 206 g/mol. The second-order valence-electron chi connectivity index (χ2n) is 3.85. The van der Waals surface area contributed by atoms with Gasteiger partial charge in [0, 0.05) is 0 Å². The van der Waals surface area contributed by atoms with Gasteiger partial charge in [0.25, 0.3) is 0 Å². The molecule has 3 heteroatoms. The third-order valence-electron chi connectivity index (χ3n) is 2.45. The molecule has 0 saturated carbocycles. The molecule has 15 heavy (non-hydrogen) atoms. The quantitative estimate of drug-likeness (QED) is 0.786. The molecular weight excluding hydrogens is 188 g/mol. The lowest BCUT2D eigenvalue weighted by Gasteiger charge is -2.16. The number of aryl methyl sites for hydroxylation is 2. The molecule has 1 aromatic carbocycles. The number of carbonyl (C=O) groups is 1. The summed E-state index contributed by atoms with van der Waals surface area (Å²) < 4.78 is 0. The smallest absolute Gasteiger partial charge is 0.234 e. The molecule has 0 spiro atoms. The van der Waals surface area contributed by atoms with Gasteiger partial charge in [-0.3, -0.25) is 4.79 Å². The monoisotopic (exact) mass is 206 g/mol. The molecule has 0 aliphatic heterocycles. The molecule has 0 heterocycles. The van der Waals surface area contributed by atoms with Crippen molar-refractivity contribution in [2.75, 3.05) is 6.54 Å². The van der Waals surface area contributed by atoms with Crippen LogP contribution in [0, 0.1) is 13.8 Å². The van der Waals surface area contributed by atoms with Crippen LogP contribution in [-0.2, 0) is 4.79 Å². The Bertz CT molecular complexity index is 361. The van der Waals surface area contributed by atoms with E-state index >= 15 is 0 Å². The number of benzene rings is 1. The molecule has 1 unspecified atom stereocenters. The number of hydrogen-bond donors (Lipinski definition) is 2. The Kier molecular flexibility index (Phi) is 3.86. The van der Waals surface area contributed by atoms with Gasteiger partial charge in [-0.25, -0.2) is 0 Å². The van der Waals surface area contributed by atoms with E-state index in [2.05, 4.69) is 18.3 Å². The summed E-state index contributed by atoms with van der Waals surface area (Å²) in [6, 6.07) is 6.22. The van der Waals surface area contributed by atoms with E-state index in [0.29, 0.717) is 0 Å². The van der Waals surface area contributed by atoms with E-state index in [-0.39, 0.29) is 18.5 Å². The maximum Gasteiger partial charge on any atom is 0.234 e. The molecule has 1 rings (SSSR count). The topological polar surface area (TPSA) is 55.1 Å². The Morgan fingerprint density at radius 3 is 2.67 bits per heavy atom. The molecule has 82 valence electrons. The lowest BCUT2D eigenvalue weighted by Crippen LogP contribution is -2.32. The second-order valence-corrected chi connectivity index (χ2v) is 3.85. The Balaban J connectivity index is 2.82. The van der Waals surface area contributed by atoms with Crippen LogP contribution in [0.3, 0.4) is 0 Å². The van der Waals surface area contributed by atoms with Crippen LogP contribution in [0.2, 0.25) is 0 Å². The summed E-state index contributed by atoms with van der Waals surface area (Å²) in [5.74, 6) is -0.123. The number of carbonyl (C=O) groups excluding carboxylic acids is 1. The molecule has 0 bridgehead atoms. The van der Waals surface area contributed by atoms with Gasteiger partial charge in [0.2, 0.25) is 5.91 Å². The number of nitrogens with two attached hydrogens (primary N) is 1. The van der Waals surface area contributed by atoms with Gasteiger partial charge in [-0.1, -0.05) is 23.8 Å². The molecule has 1 aromatic rings. The lowest BCUT2D eigenvalue weighted by atomic mass is 10.0. The highest BCUT2D eigenvalue weighted by Crippen LogP contribution is 2.18. The highest BCUT2D eigenvalue weighted by atomic mass is 16.1. The Morgan fingerprint density at radius 1 is 1.47 bits per heavy atom. The zero-order chi connectivity index (χ0) is 11.4. The first-order valence-corrected chi connectivity index (χ1v) is 5.11. The van der Waals surface area contributed by atoms with Crippen molar-refractivity contribution in [3.05, 3.63) is 34.9 Å². The SMILES string of the molecule is Cc1ccc(C(C)NC(=O)CN)c(C)c1. The molecule has 1 amide bonds. The molecule has 0 saturated heterocycles. The molecule has 0 fully saturated rings. The van der Waals surface area contributed by atoms with E-state index < -0.39 is 0 Å². The standard InChI is InChI=1S/C12H18N2O/c1-8-4-5-11(9(2)6-8)10(3)14-12(15)7-13/h4-6,10H,7,13H2,1-3H3,(H,14,15). The molecule has 0 aliphatic rings. The number of hydrogen-bond acceptors (Lipinski definition) is 2. The van der Waals surface area contributed by atoms with Crippen LogP contribution in [0.4, 0.5) is 0 Å². The van der Waals surface area contributed by atoms with Crippen molar-refractivity contribution in [3.8, 4) is 0 Å². The first-order valence-electron chi connectivity index (χ1n) is 5.11. The summed E-state index contributed by atoms with van der Waals surface area (Å²) in [6.45, 7) is 6.10. The van der Waals surface area contributed by atoms with E-state index in [0.717, 1.165) is 5.56 Å². The van der Waals surface area contributed by atoms with Crippen molar-refractivity contribution in [1.29, 1.82) is 0 Å². The van der Waals surface area contributed by atoms with Crippen molar-refractivity contribution in [2.24, 2.45) is 5.73 Å². The normalized spacial score (nSPS) is 12.3. The first kappa shape index (κ1) is 11.7. The van der Waals surface area contributed by atoms with Crippen molar-refractivity contribution in [2.45, 2.75) is 26.8 Å². The van der Waals surface area contributed by atoms with Crippen LogP contribution >= 0.6 is 0 Å². The fraction of sp³-hybridized carbons (Fsp3) is 0.417. The third-order valence-corrected chi connectivity index (χ3v) is 2.45. The molecule has 3 nitrogen and oxygen atoms in total. The van der Waals surface area contributed by atoms with Gasteiger partial charge in [0.05, 0.1) is 12.6 Å². The summed E-state index contributed by atoms with van der Waals surface area (Å²) >= 11 is 0. The Hall–Kier alpha value is -1.35. The Labute approximate surface area is 90.7 Å². The zero-order valence-electron chi connectivity index (χ0n) is 9.50. The van der Waals surface area contributed by atoms with Crippen molar-refractivity contribution in [1.82, 2.24) is 5.32 Å². The first-order chi connectivity index (χ1) is 7.04. The van der Waals surface area contributed by atoms with Crippen molar-refractivity contribution in [3.63, 3.8) is 0 Å². The van der Waals surface area contributed by atoms with E-state index in [1.165, 1.54) is 11.1 Å². The van der Waals surface area contributed by atoms with Gasteiger partial charge in [-0.15, -0.1) is 0 Å². The van der Waals surface area contributed by atoms with Crippen LogP contribution in [0.1, 0.15) is 29.7 Å². The fourth-order valence-corrected chi connectivity index (χ4v) is 1.69. The molecule has 0 radical (unpaired) electrons. The van der Waals surface area contributed by atoms with Crippen LogP contribution in [0.5, 0.6) is 0 Å². The highest BCUT2D eigenvalue weighted by molar-refractivity contribution is 5.78. The molecule has 0 aliphatic carbocycles. The van der Waals surface area contributed by atoms with E-state index in [1.807, 2.05) is 26.0 Å². The van der Waals surface area contributed by atoms with Crippen LogP contribution in [-0.4, -0.2) is 12.5 Å². The van der Waals surface area contributed by atoms with E-state index in [1.54, 1.807) is 0 Å². The summed E-state index contributed by atoms with van der Waals surface area (Å²) in [5.41, 5.74) is 8.81. The second kappa shape index (κ2) is 4.94. The van der Waals surface area contributed by atoms with Gasteiger partial charge in [-0.2, -0.15) is 0 Å². The maximum atomic E-state index is 11.1. The minimum absolute atomic E-state index is 0.0154. The van der Waals surface area contributed by atoms with Gasteiger partial charge in [-0.05, 0) is 31.9 Å². The summed E-state index contributed by atoms with van der Waals surface area (Å²) in [4.78, 5) is 11.1. The molecular formula is C12H18N2O. The molecule has 0 aromatic heterocycles. The summed E-state index contributed by atoms with van der Waals surface area (Å²) in [5, 5.41) is 2.84. The minimum Gasteiger partial charge on any atom is -0.348 e. The van der Waals surface area contributed by atoms with E-state index in [4.69, 9.17) is 5.73 Å². The largest absolute Gasteiger partial charge is 0.348 e. The average Bonchev–Trinajstić information content (AvgIpc) is 2.17. The maximum absolute atomic E-state index is 11.1. The molecule has 1 atom stereocenters. The minimum atomic E-state index is -0.123. The van der Waals surface area contributed by atoms with Crippen molar-refractivity contribution < 1.29 is 4.79 Å². The molecule has 3 N–H and O–H groups in total. The zero-order valence-corrected chi connectivity index (χ0v) is 9.50. The van der Waals surface area contributed by atoms with E-state index in [9.17, 15) is 4.79 Å². The number of amides is 1. The fourth-order valence-electron chi connectivity index (χ4n) is 1.69.